The first-order valence-corrected chi connectivity index (χ1v) is 14.2. The first-order chi connectivity index (χ1) is 20.9. The molecule has 0 atom stereocenters. The molecule has 0 fully saturated rings. The number of nitrogens with zero attached hydrogens (tertiary/aromatic N) is 4. The van der Waals surface area contributed by atoms with Gasteiger partial charge in [0.05, 0.1) is 27.8 Å². The lowest BCUT2D eigenvalue weighted by atomic mass is 10.0. The Hall–Kier alpha value is -5.74. The van der Waals surface area contributed by atoms with Gasteiger partial charge in [-0.05, 0) is 53.9 Å². The van der Waals surface area contributed by atoms with Crippen molar-refractivity contribution in [2.45, 2.75) is 0 Å². The maximum Gasteiger partial charge on any atom is 0.138 e. The molecule has 5 aromatic carbocycles. The van der Waals surface area contributed by atoms with Crippen LogP contribution < -0.4 is 0 Å². The van der Waals surface area contributed by atoms with Gasteiger partial charge < -0.3 is 4.57 Å². The zero-order valence-electron chi connectivity index (χ0n) is 22.6. The number of hydrogen-bond acceptors (Lipinski definition) is 2. The van der Waals surface area contributed by atoms with Gasteiger partial charge in [0.1, 0.15) is 5.82 Å². The van der Waals surface area contributed by atoms with Crippen molar-refractivity contribution < 1.29 is 0 Å². The fourth-order valence-electron chi connectivity index (χ4n) is 6.63. The molecule has 0 aliphatic heterocycles. The number of fused-ring (bicyclic) bond motifs is 9. The highest BCUT2D eigenvalue weighted by atomic mass is 15.1. The molecular weight excluding hydrogens is 512 g/mol. The van der Waals surface area contributed by atoms with Gasteiger partial charge in [-0.15, -0.1) is 0 Å². The summed E-state index contributed by atoms with van der Waals surface area (Å²) in [5.74, 6) is 0.891. The molecule has 0 saturated carbocycles. The highest BCUT2D eigenvalue weighted by Crippen LogP contribution is 2.42. The van der Waals surface area contributed by atoms with Gasteiger partial charge >= 0.3 is 0 Å². The molecule has 42 heavy (non-hydrogen) atoms. The van der Waals surface area contributed by atoms with E-state index in [2.05, 4.69) is 135 Å². The van der Waals surface area contributed by atoms with Crippen LogP contribution in [-0.2, 0) is 0 Å². The first-order valence-electron chi connectivity index (χ1n) is 14.2. The number of benzene rings is 5. The molecule has 4 aromatic heterocycles. The van der Waals surface area contributed by atoms with Gasteiger partial charge in [-0.3, -0.25) is 9.55 Å². The fourth-order valence-corrected chi connectivity index (χ4v) is 6.63. The monoisotopic (exact) mass is 536 g/mol. The Balaban J connectivity index is 1.51. The molecule has 0 N–H and O–H groups in total. The minimum atomic E-state index is 0.891. The maximum absolute atomic E-state index is 5.22. The zero-order valence-corrected chi connectivity index (χ0v) is 22.6. The summed E-state index contributed by atoms with van der Waals surface area (Å²) >= 11 is 0. The summed E-state index contributed by atoms with van der Waals surface area (Å²) in [6, 6.07) is 47.4. The van der Waals surface area contributed by atoms with E-state index < -0.39 is 0 Å². The number of aromatic nitrogens is 4. The van der Waals surface area contributed by atoms with Crippen LogP contribution in [0.5, 0.6) is 0 Å². The topological polar surface area (TPSA) is 35.6 Å². The van der Waals surface area contributed by atoms with Crippen LogP contribution in [0.3, 0.4) is 0 Å². The van der Waals surface area contributed by atoms with Crippen molar-refractivity contribution >= 4 is 54.4 Å². The maximum atomic E-state index is 5.22. The Labute approximate surface area is 241 Å². The summed E-state index contributed by atoms with van der Waals surface area (Å²) < 4.78 is 4.78. The highest BCUT2D eigenvalue weighted by Gasteiger charge is 2.21. The van der Waals surface area contributed by atoms with Crippen molar-refractivity contribution in [1.29, 1.82) is 0 Å². The van der Waals surface area contributed by atoms with Gasteiger partial charge in [0.15, 0.2) is 0 Å². The highest BCUT2D eigenvalue weighted by molar-refractivity contribution is 6.28. The van der Waals surface area contributed by atoms with Crippen LogP contribution in [0, 0.1) is 0 Å². The Morgan fingerprint density at radius 3 is 1.79 bits per heavy atom. The van der Waals surface area contributed by atoms with Gasteiger partial charge in [-0.1, -0.05) is 84.9 Å². The average Bonchev–Trinajstić information content (AvgIpc) is 3.59. The lowest BCUT2D eigenvalue weighted by Gasteiger charge is -2.13. The SMILES string of the molecule is c1ccc(-n2c3ccccc3c3ccc4ccc5c6ccccc6n(-c6cccc(-c7ccncc7)n6)c5c4c32)cc1. The van der Waals surface area contributed by atoms with Crippen molar-refractivity contribution in [3.8, 4) is 22.8 Å². The predicted molar refractivity (Wildman–Crippen MR) is 174 cm³/mol. The summed E-state index contributed by atoms with van der Waals surface area (Å²) in [5, 5.41) is 7.33. The minimum absolute atomic E-state index is 0.891. The molecule has 0 bridgehead atoms. The van der Waals surface area contributed by atoms with Crippen LogP contribution in [-0.4, -0.2) is 19.1 Å². The van der Waals surface area contributed by atoms with Crippen molar-refractivity contribution in [3.63, 3.8) is 0 Å². The Kier molecular flexibility index (Phi) is 4.87. The summed E-state index contributed by atoms with van der Waals surface area (Å²) in [7, 11) is 0. The van der Waals surface area contributed by atoms with Crippen molar-refractivity contribution in [2.24, 2.45) is 0 Å². The van der Waals surface area contributed by atoms with Gasteiger partial charge in [0.25, 0.3) is 0 Å². The number of para-hydroxylation sites is 3. The molecule has 9 rings (SSSR count). The summed E-state index contributed by atoms with van der Waals surface area (Å²) in [6.07, 6.45) is 3.63. The number of pyridine rings is 2. The largest absolute Gasteiger partial charge is 0.309 e. The lowest BCUT2D eigenvalue weighted by Crippen LogP contribution is -2.00. The molecule has 0 spiro atoms. The Morgan fingerprint density at radius 2 is 1.07 bits per heavy atom. The van der Waals surface area contributed by atoms with Crippen LogP contribution in [0.2, 0.25) is 0 Å². The zero-order chi connectivity index (χ0) is 27.6. The molecule has 0 amide bonds. The van der Waals surface area contributed by atoms with Gasteiger partial charge in [0, 0.05) is 50.6 Å². The fraction of sp³-hybridized carbons (Fsp3) is 0. The third-order valence-corrected chi connectivity index (χ3v) is 8.40. The van der Waals surface area contributed by atoms with E-state index in [0.717, 1.165) is 28.3 Å². The molecule has 0 radical (unpaired) electrons. The van der Waals surface area contributed by atoms with Crippen LogP contribution in [0.1, 0.15) is 0 Å². The van der Waals surface area contributed by atoms with Crippen LogP contribution in [0.15, 0.2) is 146 Å². The number of rotatable bonds is 3. The second-order valence-electron chi connectivity index (χ2n) is 10.7. The Morgan fingerprint density at radius 1 is 0.452 bits per heavy atom. The minimum Gasteiger partial charge on any atom is -0.309 e. The van der Waals surface area contributed by atoms with Crippen molar-refractivity contribution in [3.05, 3.63) is 146 Å². The van der Waals surface area contributed by atoms with E-state index in [4.69, 9.17) is 4.98 Å². The van der Waals surface area contributed by atoms with E-state index in [0.29, 0.717) is 0 Å². The van der Waals surface area contributed by atoms with Crippen LogP contribution >= 0.6 is 0 Å². The molecule has 4 heteroatoms. The van der Waals surface area contributed by atoms with E-state index in [-0.39, 0.29) is 0 Å². The Bertz CT molecular complexity index is 2450. The molecule has 4 nitrogen and oxygen atoms in total. The summed E-state index contributed by atoms with van der Waals surface area (Å²) in [4.78, 5) is 9.43. The molecular formula is C38H24N4. The van der Waals surface area contributed by atoms with Gasteiger partial charge in [0.2, 0.25) is 0 Å². The molecule has 0 unspecified atom stereocenters. The van der Waals surface area contributed by atoms with E-state index in [1.54, 1.807) is 0 Å². The smallest absolute Gasteiger partial charge is 0.138 e. The molecule has 4 heterocycles. The average molecular weight is 537 g/mol. The molecule has 0 aliphatic carbocycles. The lowest BCUT2D eigenvalue weighted by molar-refractivity contribution is 1.09. The molecule has 196 valence electrons. The van der Waals surface area contributed by atoms with Crippen LogP contribution in [0.4, 0.5) is 0 Å². The standard InChI is InChI=1S/C38H24N4/c1-2-9-27(10-3-1)41-33-14-6-4-11-28(33)30-19-17-26-18-20-31-29-12-5-7-15-34(29)42(38(31)36(26)37(30)41)35-16-8-13-32(40-35)25-21-23-39-24-22-25/h1-24H. The predicted octanol–water partition coefficient (Wildman–Crippen LogP) is 9.49. The molecule has 0 aliphatic rings. The van der Waals surface area contributed by atoms with Crippen LogP contribution in [0.25, 0.3) is 77.1 Å². The number of hydrogen-bond donors (Lipinski definition) is 0. The summed E-state index contributed by atoms with van der Waals surface area (Å²) in [5.41, 5.74) is 7.82. The van der Waals surface area contributed by atoms with Gasteiger partial charge in [-0.2, -0.15) is 0 Å². The van der Waals surface area contributed by atoms with E-state index in [1.807, 2.05) is 24.5 Å². The summed E-state index contributed by atoms with van der Waals surface area (Å²) in [6.45, 7) is 0. The van der Waals surface area contributed by atoms with Crippen molar-refractivity contribution in [1.82, 2.24) is 19.1 Å². The second-order valence-corrected chi connectivity index (χ2v) is 10.7. The third-order valence-electron chi connectivity index (χ3n) is 8.40. The third kappa shape index (κ3) is 3.23. The second kappa shape index (κ2) is 8.88. The van der Waals surface area contributed by atoms with Crippen molar-refractivity contribution in [2.75, 3.05) is 0 Å². The first kappa shape index (κ1) is 23.0. The normalized spacial score (nSPS) is 11.8. The van der Waals surface area contributed by atoms with E-state index >= 15 is 0 Å². The van der Waals surface area contributed by atoms with Gasteiger partial charge in [-0.25, -0.2) is 4.98 Å². The van der Waals surface area contributed by atoms with E-state index in [9.17, 15) is 0 Å². The molecule has 0 saturated heterocycles. The quantitative estimate of drug-likeness (QED) is 0.225. The molecule has 9 aromatic rings. The van der Waals surface area contributed by atoms with E-state index in [1.165, 1.54) is 48.9 Å².